The highest BCUT2D eigenvalue weighted by atomic mass is 16.5. The number of aryl methyl sites for hydroxylation is 1. The predicted octanol–water partition coefficient (Wildman–Crippen LogP) is 1.78. The molecule has 1 aromatic carbocycles. The quantitative estimate of drug-likeness (QED) is 0.643. The fourth-order valence-corrected chi connectivity index (χ4v) is 2.73. The number of aromatic nitrogens is 2. The lowest BCUT2D eigenvalue weighted by Crippen LogP contribution is -2.30. The fraction of sp³-hybridized carbons (Fsp3) is 0.400. The summed E-state index contributed by atoms with van der Waals surface area (Å²) in [6.45, 7) is 3.81. The molecule has 3 rings (SSSR count). The van der Waals surface area contributed by atoms with Gasteiger partial charge in [-0.3, -0.25) is 10.5 Å². The number of nitrogens with zero attached hydrogens (tertiary/aromatic N) is 2. The van der Waals surface area contributed by atoms with Crippen LogP contribution in [0.4, 0.5) is 0 Å². The summed E-state index contributed by atoms with van der Waals surface area (Å²) in [6.07, 6.45) is 3.84. The van der Waals surface area contributed by atoms with Gasteiger partial charge in [0.05, 0.1) is 18.3 Å². The highest BCUT2D eigenvalue weighted by Crippen LogP contribution is 2.30. The molecule has 5 heteroatoms. The summed E-state index contributed by atoms with van der Waals surface area (Å²) in [7, 11) is 0. The van der Waals surface area contributed by atoms with E-state index in [0.717, 1.165) is 43.0 Å². The van der Waals surface area contributed by atoms with Crippen LogP contribution in [0.25, 0.3) is 0 Å². The van der Waals surface area contributed by atoms with Crippen molar-refractivity contribution in [3.05, 3.63) is 47.3 Å². The molecular weight excluding hydrogens is 252 g/mol. The number of fused-ring (bicyclic) bond motifs is 1. The van der Waals surface area contributed by atoms with Gasteiger partial charge in [0.25, 0.3) is 0 Å². The molecule has 2 heterocycles. The van der Waals surface area contributed by atoms with Crippen molar-refractivity contribution < 1.29 is 4.74 Å². The predicted molar refractivity (Wildman–Crippen MR) is 77.3 cm³/mol. The molecular formula is C15H20N4O. The van der Waals surface area contributed by atoms with Gasteiger partial charge in [0, 0.05) is 19.2 Å². The van der Waals surface area contributed by atoms with Gasteiger partial charge in [-0.05, 0) is 35.7 Å². The number of nitrogens with one attached hydrogen (secondary N) is 1. The van der Waals surface area contributed by atoms with E-state index in [4.69, 9.17) is 10.6 Å². The summed E-state index contributed by atoms with van der Waals surface area (Å²) in [6, 6.07) is 8.25. The number of ether oxygens (including phenoxy) is 1. The molecule has 2 aromatic rings. The average molecular weight is 272 g/mol. The van der Waals surface area contributed by atoms with Crippen LogP contribution >= 0.6 is 0 Å². The Bertz CT molecular complexity index is 593. The largest absolute Gasteiger partial charge is 0.493 e. The van der Waals surface area contributed by atoms with Crippen molar-refractivity contribution in [2.75, 3.05) is 6.61 Å². The van der Waals surface area contributed by atoms with Crippen LogP contribution in [0.1, 0.15) is 36.2 Å². The molecule has 1 unspecified atom stereocenters. The molecule has 1 aliphatic rings. The molecule has 1 aliphatic heterocycles. The van der Waals surface area contributed by atoms with Crippen molar-refractivity contribution in [1.82, 2.24) is 15.2 Å². The highest BCUT2D eigenvalue weighted by Gasteiger charge is 2.20. The van der Waals surface area contributed by atoms with E-state index >= 15 is 0 Å². The lowest BCUT2D eigenvalue weighted by atomic mass is 10.0. The molecule has 0 spiro atoms. The molecule has 0 amide bonds. The van der Waals surface area contributed by atoms with E-state index < -0.39 is 0 Å². The van der Waals surface area contributed by atoms with Gasteiger partial charge < -0.3 is 4.74 Å². The summed E-state index contributed by atoms with van der Waals surface area (Å²) in [5.74, 6) is 6.78. The van der Waals surface area contributed by atoms with Crippen LogP contribution < -0.4 is 16.0 Å². The first-order chi connectivity index (χ1) is 9.83. The van der Waals surface area contributed by atoms with Crippen molar-refractivity contribution in [1.29, 1.82) is 0 Å². The maximum atomic E-state index is 5.78. The fourth-order valence-electron chi connectivity index (χ4n) is 2.73. The Kier molecular flexibility index (Phi) is 3.71. The minimum absolute atomic E-state index is 0.0463. The normalized spacial score (nSPS) is 14.9. The molecule has 0 fully saturated rings. The monoisotopic (exact) mass is 272 g/mol. The summed E-state index contributed by atoms with van der Waals surface area (Å²) >= 11 is 0. The second-order valence-corrected chi connectivity index (χ2v) is 5.04. The third kappa shape index (κ3) is 2.30. The second kappa shape index (κ2) is 5.64. The van der Waals surface area contributed by atoms with Crippen molar-refractivity contribution >= 4 is 0 Å². The zero-order valence-electron chi connectivity index (χ0n) is 11.7. The van der Waals surface area contributed by atoms with Gasteiger partial charge in [-0.25, -0.2) is 5.43 Å². The number of rotatable bonds is 5. The summed E-state index contributed by atoms with van der Waals surface area (Å²) in [5, 5.41) is 4.37. The number of hydrogen-bond donors (Lipinski definition) is 2. The van der Waals surface area contributed by atoms with Gasteiger partial charge in [0.1, 0.15) is 5.75 Å². The minimum atomic E-state index is -0.0463. The van der Waals surface area contributed by atoms with E-state index in [2.05, 4.69) is 29.6 Å². The van der Waals surface area contributed by atoms with Gasteiger partial charge in [-0.15, -0.1) is 0 Å². The molecule has 106 valence electrons. The van der Waals surface area contributed by atoms with E-state index in [-0.39, 0.29) is 6.04 Å². The summed E-state index contributed by atoms with van der Waals surface area (Å²) in [4.78, 5) is 0. The molecule has 5 nitrogen and oxygen atoms in total. The Hall–Kier alpha value is -1.85. The van der Waals surface area contributed by atoms with Gasteiger partial charge in [-0.2, -0.15) is 5.10 Å². The molecule has 0 radical (unpaired) electrons. The number of hydrazine groups is 1. The van der Waals surface area contributed by atoms with Crippen LogP contribution in [-0.4, -0.2) is 16.4 Å². The van der Waals surface area contributed by atoms with Crippen LogP contribution in [0, 0.1) is 0 Å². The van der Waals surface area contributed by atoms with Crippen LogP contribution in [0.2, 0.25) is 0 Å². The van der Waals surface area contributed by atoms with Crippen molar-refractivity contribution in [3.63, 3.8) is 0 Å². The maximum absolute atomic E-state index is 5.78. The first kappa shape index (κ1) is 13.1. The van der Waals surface area contributed by atoms with Crippen molar-refractivity contribution in [3.8, 4) is 5.75 Å². The topological polar surface area (TPSA) is 65.1 Å². The van der Waals surface area contributed by atoms with Gasteiger partial charge >= 0.3 is 0 Å². The molecule has 0 bridgehead atoms. The molecule has 0 saturated heterocycles. The van der Waals surface area contributed by atoms with Crippen molar-refractivity contribution in [2.24, 2.45) is 5.84 Å². The lowest BCUT2D eigenvalue weighted by molar-refractivity contribution is 0.356. The lowest BCUT2D eigenvalue weighted by Gasteiger charge is -2.18. The van der Waals surface area contributed by atoms with Crippen molar-refractivity contribution in [2.45, 2.75) is 32.4 Å². The summed E-state index contributed by atoms with van der Waals surface area (Å²) < 4.78 is 7.56. The number of nitrogens with two attached hydrogens (primary N) is 1. The third-order valence-electron chi connectivity index (χ3n) is 3.69. The number of hydrogen-bond acceptors (Lipinski definition) is 4. The van der Waals surface area contributed by atoms with E-state index in [1.54, 1.807) is 0 Å². The van der Waals surface area contributed by atoms with Gasteiger partial charge in [0.2, 0.25) is 0 Å². The summed E-state index contributed by atoms with van der Waals surface area (Å²) in [5.41, 5.74) is 6.40. The van der Waals surface area contributed by atoms with E-state index in [1.165, 1.54) is 5.56 Å². The Morgan fingerprint density at radius 2 is 2.35 bits per heavy atom. The molecule has 1 aromatic heterocycles. The van der Waals surface area contributed by atoms with Crippen LogP contribution in [0.15, 0.2) is 30.5 Å². The third-order valence-corrected chi connectivity index (χ3v) is 3.69. The maximum Gasteiger partial charge on any atom is 0.122 e. The first-order valence-corrected chi connectivity index (χ1v) is 7.07. The smallest absolute Gasteiger partial charge is 0.122 e. The Morgan fingerprint density at radius 1 is 1.45 bits per heavy atom. The molecule has 20 heavy (non-hydrogen) atoms. The molecule has 0 aliphatic carbocycles. The van der Waals surface area contributed by atoms with E-state index in [1.807, 2.05) is 23.0 Å². The number of benzene rings is 1. The standard InChI is InChI=1S/C15H20N4O/c1-2-8-19-13(5-7-17-19)15(18-16)12-3-4-14-11(10-12)6-9-20-14/h3-5,7,10,15,18H,2,6,8-9,16H2,1H3. The average Bonchev–Trinajstić information content (AvgIpc) is 3.09. The van der Waals surface area contributed by atoms with Crippen LogP contribution in [-0.2, 0) is 13.0 Å². The zero-order chi connectivity index (χ0) is 13.9. The SMILES string of the molecule is CCCn1nccc1C(NN)c1ccc2c(c1)CCO2. The molecule has 3 N–H and O–H groups in total. The highest BCUT2D eigenvalue weighted by molar-refractivity contribution is 5.42. The molecule has 0 saturated carbocycles. The Balaban J connectivity index is 1.95. The minimum Gasteiger partial charge on any atom is -0.493 e. The zero-order valence-corrected chi connectivity index (χ0v) is 11.7. The van der Waals surface area contributed by atoms with E-state index in [0.29, 0.717) is 0 Å². The van der Waals surface area contributed by atoms with E-state index in [9.17, 15) is 0 Å². The Labute approximate surface area is 118 Å². The van der Waals surface area contributed by atoms with Crippen LogP contribution in [0.5, 0.6) is 5.75 Å². The second-order valence-electron chi connectivity index (χ2n) is 5.04. The van der Waals surface area contributed by atoms with Crippen LogP contribution in [0.3, 0.4) is 0 Å². The molecule has 1 atom stereocenters. The van der Waals surface area contributed by atoms with Gasteiger partial charge in [0.15, 0.2) is 0 Å². The first-order valence-electron chi connectivity index (χ1n) is 7.07. The van der Waals surface area contributed by atoms with Gasteiger partial charge in [-0.1, -0.05) is 13.0 Å². The Morgan fingerprint density at radius 3 is 3.15 bits per heavy atom.